The van der Waals surface area contributed by atoms with Crippen LogP contribution in [0.2, 0.25) is 0 Å². The average Bonchev–Trinajstić information content (AvgIpc) is 3.02. The quantitative estimate of drug-likeness (QED) is 0.767. The van der Waals surface area contributed by atoms with Crippen molar-refractivity contribution < 1.29 is 17.9 Å². The lowest BCUT2D eigenvalue weighted by Crippen LogP contribution is -2.36. The highest BCUT2D eigenvalue weighted by atomic mass is 32.2. The van der Waals surface area contributed by atoms with E-state index >= 15 is 0 Å². The summed E-state index contributed by atoms with van der Waals surface area (Å²) in [6.45, 7) is 2.66. The second kappa shape index (κ2) is 7.99. The summed E-state index contributed by atoms with van der Waals surface area (Å²) >= 11 is 0. The second-order valence-electron chi connectivity index (χ2n) is 6.30. The molecule has 0 aliphatic carbocycles. The molecule has 146 valence electrons. The fraction of sp³-hybridized carbons (Fsp3) is 0.444. The normalized spacial score (nSPS) is 18.1. The Bertz CT molecular complexity index is 904. The molecule has 1 aliphatic heterocycles. The van der Waals surface area contributed by atoms with Crippen molar-refractivity contribution in [2.24, 2.45) is 0 Å². The largest absolute Gasteiger partial charge is 0.497 e. The van der Waals surface area contributed by atoms with Gasteiger partial charge in [-0.1, -0.05) is 0 Å². The van der Waals surface area contributed by atoms with E-state index in [0.29, 0.717) is 36.1 Å². The topological polar surface area (TPSA) is 93.7 Å². The Morgan fingerprint density at radius 1 is 1.22 bits per heavy atom. The number of aromatic nitrogens is 2. The highest BCUT2D eigenvalue weighted by Crippen LogP contribution is 2.32. The monoisotopic (exact) mass is 392 g/mol. The molecule has 1 fully saturated rings. The van der Waals surface area contributed by atoms with Crippen molar-refractivity contribution in [2.45, 2.75) is 19.4 Å². The van der Waals surface area contributed by atoms with Crippen LogP contribution in [0.5, 0.6) is 11.5 Å². The van der Waals surface area contributed by atoms with Crippen LogP contribution >= 0.6 is 0 Å². The summed E-state index contributed by atoms with van der Waals surface area (Å²) in [6, 6.07) is 7.22. The lowest BCUT2D eigenvalue weighted by atomic mass is 10.2. The highest BCUT2D eigenvalue weighted by Gasteiger charge is 2.32. The summed E-state index contributed by atoms with van der Waals surface area (Å²) < 4.78 is 34.3. The molecule has 0 bridgehead atoms. The number of hydrogen-bond acceptors (Lipinski definition) is 8. The van der Waals surface area contributed by atoms with Crippen LogP contribution in [-0.2, 0) is 9.84 Å². The summed E-state index contributed by atoms with van der Waals surface area (Å²) in [5.41, 5.74) is 0.745. The first-order valence-electron chi connectivity index (χ1n) is 8.74. The summed E-state index contributed by atoms with van der Waals surface area (Å²) in [7, 11) is 0.224. The van der Waals surface area contributed by atoms with E-state index in [9.17, 15) is 8.42 Å². The van der Waals surface area contributed by atoms with Gasteiger partial charge in [0.05, 0.1) is 31.4 Å². The van der Waals surface area contributed by atoms with Gasteiger partial charge in [-0.3, -0.25) is 0 Å². The zero-order valence-electron chi connectivity index (χ0n) is 15.7. The van der Waals surface area contributed by atoms with Crippen molar-refractivity contribution >= 4 is 27.2 Å². The highest BCUT2D eigenvalue weighted by molar-refractivity contribution is 7.91. The zero-order valence-corrected chi connectivity index (χ0v) is 16.5. The number of rotatable bonds is 7. The molecule has 0 amide bonds. The van der Waals surface area contributed by atoms with Gasteiger partial charge in [-0.15, -0.1) is 0 Å². The number of sulfone groups is 1. The molecule has 1 unspecified atom stereocenters. The molecule has 1 atom stereocenters. The van der Waals surface area contributed by atoms with Crippen LogP contribution in [0.4, 0.5) is 17.3 Å². The van der Waals surface area contributed by atoms with Crippen LogP contribution < -0.4 is 19.7 Å². The Labute approximate surface area is 159 Å². The molecule has 0 saturated carbocycles. The molecule has 1 aromatic heterocycles. The SMILES string of the molecule is CCN(c1cc(Nc2ccc(OC)cc2OC)ncn1)C1CCS(=O)(=O)C1. The molecule has 9 heteroatoms. The smallest absolute Gasteiger partial charge is 0.152 e. The number of methoxy groups -OCH3 is 2. The molecule has 1 aromatic carbocycles. The number of ether oxygens (including phenoxy) is 2. The van der Waals surface area contributed by atoms with E-state index in [-0.39, 0.29) is 17.5 Å². The number of nitrogens with one attached hydrogen (secondary N) is 1. The summed E-state index contributed by atoms with van der Waals surface area (Å²) in [5.74, 6) is 3.02. The van der Waals surface area contributed by atoms with Crippen molar-refractivity contribution in [1.82, 2.24) is 9.97 Å². The third kappa shape index (κ3) is 4.41. The first kappa shape index (κ1) is 19.2. The maximum Gasteiger partial charge on any atom is 0.152 e. The number of anilines is 3. The van der Waals surface area contributed by atoms with Crippen LogP contribution in [-0.4, -0.2) is 56.7 Å². The molecule has 1 aliphatic rings. The predicted molar refractivity (Wildman–Crippen MR) is 105 cm³/mol. The summed E-state index contributed by atoms with van der Waals surface area (Å²) in [5, 5.41) is 3.22. The van der Waals surface area contributed by atoms with Crippen molar-refractivity contribution in [2.75, 3.05) is 42.5 Å². The van der Waals surface area contributed by atoms with Crippen LogP contribution in [0, 0.1) is 0 Å². The van der Waals surface area contributed by atoms with Gasteiger partial charge < -0.3 is 19.7 Å². The average molecular weight is 392 g/mol. The Kier molecular flexibility index (Phi) is 5.69. The minimum absolute atomic E-state index is 0.0572. The Balaban J connectivity index is 1.83. The molecule has 1 saturated heterocycles. The van der Waals surface area contributed by atoms with Crippen LogP contribution in [0.15, 0.2) is 30.6 Å². The fourth-order valence-corrected chi connectivity index (χ4v) is 4.97. The van der Waals surface area contributed by atoms with Gasteiger partial charge in [-0.25, -0.2) is 18.4 Å². The van der Waals surface area contributed by atoms with Gasteiger partial charge in [0, 0.05) is 24.7 Å². The minimum atomic E-state index is -2.96. The number of nitrogens with zero attached hydrogens (tertiary/aromatic N) is 3. The Hall–Kier alpha value is -2.55. The zero-order chi connectivity index (χ0) is 19.4. The molecule has 0 radical (unpaired) electrons. The molecule has 2 aromatic rings. The molecule has 1 N–H and O–H groups in total. The predicted octanol–water partition coefficient (Wildman–Crippen LogP) is 2.25. The third-order valence-corrected chi connectivity index (χ3v) is 6.36. The molecular weight excluding hydrogens is 368 g/mol. The fourth-order valence-electron chi connectivity index (χ4n) is 3.24. The molecule has 2 heterocycles. The van der Waals surface area contributed by atoms with E-state index in [4.69, 9.17) is 9.47 Å². The van der Waals surface area contributed by atoms with Gasteiger partial charge in [0.25, 0.3) is 0 Å². The summed E-state index contributed by atoms with van der Waals surface area (Å²) in [4.78, 5) is 10.6. The Morgan fingerprint density at radius 2 is 2.04 bits per heavy atom. The van der Waals surface area contributed by atoms with Gasteiger partial charge >= 0.3 is 0 Å². The molecule has 27 heavy (non-hydrogen) atoms. The number of benzene rings is 1. The second-order valence-corrected chi connectivity index (χ2v) is 8.52. The van der Waals surface area contributed by atoms with Gasteiger partial charge in [0.2, 0.25) is 0 Å². The van der Waals surface area contributed by atoms with Crippen molar-refractivity contribution in [3.05, 3.63) is 30.6 Å². The Morgan fingerprint density at radius 3 is 2.67 bits per heavy atom. The molecule has 8 nitrogen and oxygen atoms in total. The van der Waals surface area contributed by atoms with Gasteiger partial charge in [-0.2, -0.15) is 0 Å². The van der Waals surface area contributed by atoms with Gasteiger partial charge in [-0.05, 0) is 25.5 Å². The van der Waals surface area contributed by atoms with Crippen LogP contribution in [0.3, 0.4) is 0 Å². The van der Waals surface area contributed by atoms with Crippen molar-refractivity contribution in [3.63, 3.8) is 0 Å². The maximum absolute atomic E-state index is 11.8. The minimum Gasteiger partial charge on any atom is -0.497 e. The molecule has 0 spiro atoms. The van der Waals surface area contributed by atoms with Gasteiger partial charge in [0.1, 0.15) is 29.5 Å². The first-order valence-corrected chi connectivity index (χ1v) is 10.6. The molecule has 3 rings (SSSR count). The molecular formula is C18H24N4O4S. The van der Waals surface area contributed by atoms with E-state index in [1.54, 1.807) is 20.3 Å². The van der Waals surface area contributed by atoms with E-state index in [0.717, 1.165) is 5.69 Å². The lowest BCUT2D eigenvalue weighted by molar-refractivity contribution is 0.395. The lowest BCUT2D eigenvalue weighted by Gasteiger charge is -2.28. The third-order valence-electron chi connectivity index (χ3n) is 4.61. The standard InChI is InChI=1S/C18H24N4O4S/c1-4-22(13-7-8-27(23,24)11-13)18-10-17(19-12-20-18)21-15-6-5-14(25-2)9-16(15)26-3/h5-6,9-10,12-13H,4,7-8,11H2,1-3H3,(H,19,20,21). The number of hydrogen-bond donors (Lipinski definition) is 1. The first-order chi connectivity index (χ1) is 13.0. The van der Waals surface area contributed by atoms with Crippen LogP contribution in [0.25, 0.3) is 0 Å². The van der Waals surface area contributed by atoms with Crippen LogP contribution in [0.1, 0.15) is 13.3 Å². The maximum atomic E-state index is 11.8. The van der Waals surface area contributed by atoms with E-state index in [1.807, 2.05) is 30.0 Å². The van der Waals surface area contributed by atoms with Gasteiger partial charge in [0.15, 0.2) is 9.84 Å². The van der Waals surface area contributed by atoms with Crippen molar-refractivity contribution in [1.29, 1.82) is 0 Å². The van der Waals surface area contributed by atoms with Crippen molar-refractivity contribution in [3.8, 4) is 11.5 Å². The summed E-state index contributed by atoms with van der Waals surface area (Å²) in [6.07, 6.45) is 2.09. The van der Waals surface area contributed by atoms with E-state index in [1.165, 1.54) is 6.33 Å². The van der Waals surface area contributed by atoms with E-state index < -0.39 is 9.84 Å². The van der Waals surface area contributed by atoms with E-state index in [2.05, 4.69) is 15.3 Å².